The standard InChI is InChI=1S/C43H43BrClN5O6.C42H39BrClN5O6.C5H10NP/c1-5-43(21-34(36-37(43)56-42(2,3)55-36)49-18-17-31-38(45)46-25-47-39(31)49)22-35(51)29-14-13-28-19-32(44)40(48-33(28)20-29)50(23-26-11-15-30(53-4)16-12-26)41(52)54-24-27-9-7-6-8-10-27;1-41(2)54-35-33(48-16-15-30-37(44)45-24-46-38(30)48)19-42(36(35)55-41)20-34(53-23-42)28-12-11-27-17-31(43)39(47-32(27)18-28)49(21-25-9-13-29(51-3)14-10-25)40(50)52-22-26-7-5-4-6-8-26;1-7(2,3)5-4-6/h6-20,25,34-37,51H,5,21-24H2,1-4H3;4-18,24,33-36H,19-23H2,1-3H3;5H,1-3H3/t34-,35-,36+,37+,43-;33-,34-,35+,36+,42-;/m11./s1. The molecular weight excluding hydrogens is 1690 g/mol. The molecule has 1 spiro atoms. The number of benzene rings is 6. The van der Waals surface area contributed by atoms with Crippen molar-refractivity contribution in [1.82, 2.24) is 39.0 Å². The molecule has 3 saturated heterocycles. The van der Waals surface area contributed by atoms with Gasteiger partial charge >= 0.3 is 12.2 Å². The number of aliphatic hydroxyl groups is 1. The van der Waals surface area contributed by atoms with Gasteiger partial charge in [-0.25, -0.2) is 39.5 Å². The summed E-state index contributed by atoms with van der Waals surface area (Å²) in [7, 11) is 3.24. The second kappa shape index (κ2) is 34.7. The normalized spacial score (nSPS) is 22.2. The number of nitriles is 1. The number of aliphatic hydroxyl groups excluding tert-OH is 1. The van der Waals surface area contributed by atoms with Crippen molar-refractivity contribution < 1.29 is 57.3 Å². The van der Waals surface area contributed by atoms with Gasteiger partial charge in [-0.15, -0.1) is 6.89 Å². The van der Waals surface area contributed by atoms with E-state index in [2.05, 4.69) is 106 Å². The van der Waals surface area contributed by atoms with Crippen molar-refractivity contribution in [2.24, 2.45) is 10.8 Å². The van der Waals surface area contributed by atoms with Crippen molar-refractivity contribution in [2.45, 2.75) is 153 Å². The van der Waals surface area contributed by atoms with Gasteiger partial charge in [-0.2, -0.15) is 5.26 Å². The van der Waals surface area contributed by atoms with E-state index in [1.807, 2.05) is 198 Å². The number of nitrogens with zero attached hydrogens (tertiary/aromatic N) is 11. The van der Waals surface area contributed by atoms with Gasteiger partial charge in [0.25, 0.3) is 0 Å². The lowest BCUT2D eigenvalue weighted by Crippen LogP contribution is -2.36. The minimum atomic E-state index is -0.902. The van der Waals surface area contributed by atoms with E-state index in [4.69, 9.17) is 81.1 Å². The Morgan fingerprint density at radius 1 is 0.619 bits per heavy atom. The molecule has 12 aromatic rings. The molecule has 118 heavy (non-hydrogen) atoms. The molecule has 17 rings (SSSR count). The van der Waals surface area contributed by atoms with Crippen molar-refractivity contribution in [3.63, 3.8) is 0 Å². The van der Waals surface area contributed by atoms with Gasteiger partial charge in [0, 0.05) is 39.8 Å². The average Bonchev–Trinajstić information content (AvgIpc) is 1.56. The van der Waals surface area contributed by atoms with Crippen LogP contribution in [0.1, 0.15) is 124 Å². The van der Waals surface area contributed by atoms with Gasteiger partial charge in [-0.3, -0.25) is 9.80 Å². The Labute approximate surface area is 712 Å². The Morgan fingerprint density at radius 3 is 1.58 bits per heavy atom. The summed E-state index contributed by atoms with van der Waals surface area (Å²) in [6.07, 6.45) is 7.38. The number of fused-ring (bicyclic) bond motifs is 7. The van der Waals surface area contributed by atoms with Gasteiger partial charge in [0.1, 0.15) is 71.2 Å². The third-order valence-corrected chi connectivity index (χ3v) is 25.3. The number of methoxy groups -OCH3 is 2. The Morgan fingerprint density at radius 2 is 1.10 bits per heavy atom. The summed E-state index contributed by atoms with van der Waals surface area (Å²) in [4.78, 5) is 58.4. The van der Waals surface area contributed by atoms with Crippen LogP contribution in [0.3, 0.4) is 0 Å². The fourth-order valence-electron chi connectivity index (χ4n) is 16.9. The minimum absolute atomic E-state index is 0.0332. The van der Waals surface area contributed by atoms with Gasteiger partial charge in [-0.05, 0) is 206 Å². The predicted molar refractivity (Wildman–Crippen MR) is 465 cm³/mol. The zero-order valence-corrected chi connectivity index (χ0v) is 72.6. The first-order valence-electron chi connectivity index (χ1n) is 39.1. The third-order valence-electron chi connectivity index (χ3n) is 22.7. The number of ether oxygens (including phenoxy) is 9. The largest absolute Gasteiger partial charge is 0.497 e. The smallest absolute Gasteiger partial charge is 0.416 e. The molecule has 1 N–H and O–H groups in total. The summed E-state index contributed by atoms with van der Waals surface area (Å²) in [5, 5.41) is 24.4. The number of amides is 2. The van der Waals surface area contributed by atoms with Gasteiger partial charge < -0.3 is 56.9 Å². The summed E-state index contributed by atoms with van der Waals surface area (Å²) >= 11 is 20.3. The fraction of sp³-hybridized carbons (Fsp3) is 0.356. The maximum Gasteiger partial charge on any atom is 0.416 e. The van der Waals surface area contributed by atoms with E-state index in [1.165, 1.54) is 17.6 Å². The van der Waals surface area contributed by atoms with Gasteiger partial charge in [0.05, 0.1) is 107 Å². The molecule has 5 fully saturated rings. The molecule has 0 unspecified atom stereocenters. The lowest BCUT2D eigenvalue weighted by atomic mass is 9.75. The van der Waals surface area contributed by atoms with E-state index in [0.717, 1.165) is 91.2 Å². The molecule has 2 saturated carbocycles. The zero-order valence-electron chi connectivity index (χ0n) is 67.1. The van der Waals surface area contributed by atoms with Crippen LogP contribution in [0.2, 0.25) is 10.3 Å². The van der Waals surface area contributed by atoms with Crippen LogP contribution in [0.25, 0.3) is 43.9 Å². The highest BCUT2D eigenvalue weighted by Crippen LogP contribution is 2.62. The maximum atomic E-state index is 13.9. The number of pyridine rings is 2. The molecule has 0 radical (unpaired) electrons. The SMILES string of the molecule is CC[C@]1(C[C@@H](O)c2ccc3cc(Br)c(N(Cc4ccc(OC)cc4)C(=O)OCc4ccccc4)nc3c2)C[C@@H](n2ccc3c(Cl)ncnc32)[C@@H]2OC(C)(C)O[C@@H]21.COc1ccc(CN(C(=O)OCc2ccccc2)c2nc3cc([C@H]4C[C@@]5(CO4)C[C@@H](n4ccc6c(Cl)ncnc64)[C@@H]4OC(C)(C)O[C@@H]45)ccc3cc2Br)cc1.CP(C)(C)=CC#N. The molecule has 10 atom stereocenters. The first kappa shape index (κ1) is 83.7. The predicted octanol–water partition coefficient (Wildman–Crippen LogP) is 20.3. The molecule has 23 nitrogen and oxygen atoms in total. The van der Waals surface area contributed by atoms with Crippen molar-refractivity contribution in [1.29, 1.82) is 5.26 Å². The fourth-order valence-corrected chi connectivity index (χ4v) is 18.8. The Balaban J connectivity index is 0.000000171. The highest BCUT2D eigenvalue weighted by molar-refractivity contribution is 9.11. The van der Waals surface area contributed by atoms with Gasteiger partial charge in [0.2, 0.25) is 0 Å². The van der Waals surface area contributed by atoms with Crippen LogP contribution in [0.4, 0.5) is 21.2 Å². The highest BCUT2D eigenvalue weighted by Gasteiger charge is 2.65. The summed E-state index contributed by atoms with van der Waals surface area (Å²) < 4.78 is 61.1. The first-order chi connectivity index (χ1) is 56.6. The van der Waals surface area contributed by atoms with Gasteiger partial charge in [0.15, 0.2) is 23.2 Å². The van der Waals surface area contributed by atoms with E-state index < -0.39 is 42.2 Å². The molecule has 0 bridgehead atoms. The van der Waals surface area contributed by atoms with Gasteiger partial charge in [-0.1, -0.05) is 139 Å². The van der Waals surface area contributed by atoms with Crippen LogP contribution in [-0.2, 0) is 59.5 Å². The van der Waals surface area contributed by atoms with Crippen molar-refractivity contribution >= 4 is 135 Å². The number of hydrogen-bond donors (Lipinski definition) is 1. The second-order valence-corrected chi connectivity index (χ2v) is 39.4. The number of hydrogen-bond acceptors (Lipinski definition) is 19. The number of carbonyl (C=O) groups is 2. The summed E-state index contributed by atoms with van der Waals surface area (Å²) in [6.45, 7) is 16.6. The summed E-state index contributed by atoms with van der Waals surface area (Å²) in [5.74, 6) is 2.47. The van der Waals surface area contributed by atoms with Crippen LogP contribution in [-0.4, -0.2) is 139 Å². The quantitative estimate of drug-likeness (QED) is 0.0583. The molecule has 3 aliphatic heterocycles. The monoisotopic (exact) mass is 1780 g/mol. The highest BCUT2D eigenvalue weighted by atomic mass is 79.9. The lowest BCUT2D eigenvalue weighted by molar-refractivity contribution is -0.172. The van der Waals surface area contributed by atoms with Crippen LogP contribution in [0.5, 0.6) is 11.5 Å². The van der Waals surface area contributed by atoms with Crippen LogP contribution >= 0.6 is 61.9 Å². The number of aromatic nitrogens is 8. The lowest BCUT2D eigenvalue weighted by Gasteiger charge is -2.36. The Hall–Kier alpha value is -9.39. The molecule has 28 heteroatoms. The number of anilines is 2. The van der Waals surface area contributed by atoms with Crippen LogP contribution in [0, 0.1) is 22.2 Å². The molecule has 6 aromatic carbocycles. The van der Waals surface area contributed by atoms with Crippen LogP contribution in [0.15, 0.2) is 204 Å². The average molecular weight is 1780 g/mol. The molecule has 2 amide bonds. The maximum absolute atomic E-state index is 13.9. The van der Waals surface area contributed by atoms with E-state index >= 15 is 0 Å². The van der Waals surface area contributed by atoms with E-state index in [9.17, 15) is 14.7 Å². The van der Waals surface area contributed by atoms with Crippen LogP contribution < -0.4 is 19.3 Å². The molecule has 5 aliphatic rings. The molecular formula is C90H92Br2Cl2N11O12P. The van der Waals surface area contributed by atoms with Crippen molar-refractivity contribution in [3.8, 4) is 17.6 Å². The topological polar surface area (TPSA) is 255 Å². The van der Waals surface area contributed by atoms with Crippen molar-refractivity contribution in [3.05, 3.63) is 248 Å². The zero-order chi connectivity index (χ0) is 83.0. The molecule has 612 valence electrons. The molecule has 6 aromatic heterocycles. The Bertz CT molecular complexity index is 5770. The summed E-state index contributed by atoms with van der Waals surface area (Å²) in [6, 6.07) is 56.0. The molecule has 9 heterocycles. The number of halogens is 4. The minimum Gasteiger partial charge on any atom is -0.497 e. The number of rotatable bonds is 19. The third kappa shape index (κ3) is 17.9. The first-order valence-corrected chi connectivity index (χ1v) is 44.6. The van der Waals surface area contributed by atoms with E-state index in [0.29, 0.717) is 67.2 Å². The van der Waals surface area contributed by atoms with E-state index in [-0.39, 0.29) is 74.3 Å². The van der Waals surface area contributed by atoms with E-state index in [1.54, 1.807) is 24.9 Å². The molecule has 2 aliphatic carbocycles. The Kier molecular flexibility index (Phi) is 24.6. The van der Waals surface area contributed by atoms with Crippen molar-refractivity contribution in [2.75, 3.05) is 50.6 Å². The summed E-state index contributed by atoms with van der Waals surface area (Å²) in [5.41, 5.74) is 7.37. The second-order valence-electron chi connectivity index (χ2n) is 32.5. The number of carbonyl (C=O) groups excluding carboxylic acids is 2.